The Labute approximate surface area is 174 Å². The Morgan fingerprint density at radius 2 is 2.21 bits per heavy atom. The van der Waals surface area contributed by atoms with E-state index < -0.39 is 0 Å². The number of furan rings is 1. The van der Waals surface area contributed by atoms with Gasteiger partial charge in [0, 0.05) is 22.9 Å². The van der Waals surface area contributed by atoms with E-state index in [2.05, 4.69) is 6.92 Å². The van der Waals surface area contributed by atoms with Gasteiger partial charge in [-0.1, -0.05) is 6.92 Å². The maximum atomic E-state index is 12.9. The first kappa shape index (κ1) is 20.8. The summed E-state index contributed by atoms with van der Waals surface area (Å²) in [4.78, 5) is 20.0. The van der Waals surface area contributed by atoms with Crippen molar-refractivity contribution < 1.29 is 31.1 Å². The number of hydrogen-bond acceptors (Lipinski definition) is 6. The highest BCUT2D eigenvalue weighted by molar-refractivity contribution is 7.19. The molecule has 1 aliphatic rings. The van der Waals surface area contributed by atoms with Crippen LogP contribution in [0, 0.1) is 12.8 Å². The van der Waals surface area contributed by atoms with Crippen LogP contribution < -0.4 is 12.4 Å². The van der Waals surface area contributed by atoms with E-state index >= 15 is 0 Å². The van der Waals surface area contributed by atoms with Gasteiger partial charge < -0.3 is 26.3 Å². The minimum absolute atomic E-state index is 0. The molecule has 0 bridgehead atoms. The number of carbonyl (C=O) groups is 1. The fourth-order valence-corrected chi connectivity index (χ4v) is 5.23. The first-order valence-electron chi connectivity index (χ1n) is 9.25. The van der Waals surface area contributed by atoms with Crippen LogP contribution in [0.3, 0.4) is 0 Å². The fraction of sp³-hybridized carbons (Fsp3) is 0.429. The molecule has 0 radical (unpaired) electrons. The van der Waals surface area contributed by atoms with Crippen LogP contribution in [0.5, 0.6) is 0 Å². The molecule has 1 aliphatic carbocycles. The zero-order chi connectivity index (χ0) is 19.0. The van der Waals surface area contributed by atoms with Gasteiger partial charge in [0.15, 0.2) is 0 Å². The molecule has 3 aromatic heterocycles. The normalized spacial score (nSPS) is 15.9. The zero-order valence-corrected chi connectivity index (χ0v) is 17.8. The summed E-state index contributed by atoms with van der Waals surface area (Å²) in [6, 6.07) is 3.74. The van der Waals surface area contributed by atoms with Crippen LogP contribution in [0.25, 0.3) is 21.5 Å². The van der Waals surface area contributed by atoms with Crippen molar-refractivity contribution in [3.8, 4) is 11.3 Å². The maximum Gasteiger partial charge on any atom is 0.340 e. The highest BCUT2D eigenvalue weighted by Crippen LogP contribution is 2.44. The predicted octanol–water partition coefficient (Wildman–Crippen LogP) is 1.80. The Bertz CT molecular complexity index is 980. The molecule has 0 saturated heterocycles. The molecule has 0 fully saturated rings. The van der Waals surface area contributed by atoms with E-state index in [0.717, 1.165) is 35.0 Å². The van der Waals surface area contributed by atoms with Crippen molar-refractivity contribution in [3.05, 3.63) is 40.1 Å². The lowest BCUT2D eigenvalue weighted by atomic mass is 9.87. The molecule has 150 valence electrons. The fourth-order valence-electron chi connectivity index (χ4n) is 3.79. The van der Waals surface area contributed by atoms with E-state index in [4.69, 9.17) is 18.9 Å². The lowest BCUT2D eigenvalue weighted by Crippen LogP contribution is -3.00. The summed E-state index contributed by atoms with van der Waals surface area (Å²) in [5, 5.41) is 1.06. The Hall–Kier alpha value is -1.89. The number of hydrogen-bond donors (Lipinski definition) is 0. The number of aryl methyl sites for hydroxylation is 2. The molecule has 0 N–H and O–H groups in total. The molecule has 0 amide bonds. The van der Waals surface area contributed by atoms with E-state index in [-0.39, 0.29) is 25.0 Å². The quantitative estimate of drug-likeness (QED) is 0.465. The van der Waals surface area contributed by atoms with Crippen molar-refractivity contribution in [2.45, 2.75) is 33.1 Å². The largest absolute Gasteiger partial charge is 1.00 e. The second-order valence-corrected chi connectivity index (χ2v) is 8.17. The Kier molecular flexibility index (Phi) is 6.43. The van der Waals surface area contributed by atoms with Gasteiger partial charge in [0.05, 0.1) is 24.1 Å². The van der Waals surface area contributed by atoms with Gasteiger partial charge in [-0.2, -0.15) is 0 Å². The van der Waals surface area contributed by atoms with Crippen molar-refractivity contribution in [2.75, 3.05) is 20.3 Å². The molecule has 1 atom stereocenters. The first-order chi connectivity index (χ1) is 13.1. The van der Waals surface area contributed by atoms with E-state index in [1.807, 2.05) is 19.1 Å². The van der Waals surface area contributed by atoms with Crippen LogP contribution >= 0.6 is 11.3 Å². The minimum Gasteiger partial charge on any atom is -1.00 e. The number of aromatic nitrogens is 1. The van der Waals surface area contributed by atoms with Crippen LogP contribution in [0.15, 0.2) is 22.8 Å². The Morgan fingerprint density at radius 1 is 1.39 bits per heavy atom. The number of thiophene rings is 1. The molecular formula is C21H23ClNO4S-. The second-order valence-electron chi connectivity index (χ2n) is 7.09. The van der Waals surface area contributed by atoms with Crippen molar-refractivity contribution >= 4 is 27.5 Å². The number of rotatable bonds is 5. The van der Waals surface area contributed by atoms with Crippen LogP contribution in [0.2, 0.25) is 0 Å². The van der Waals surface area contributed by atoms with Gasteiger partial charge in [0.25, 0.3) is 0 Å². The topological polar surface area (TPSA) is 61.6 Å². The number of carbonyl (C=O) groups excluding carboxylic acids is 1. The van der Waals surface area contributed by atoms with Crippen LogP contribution in [0.1, 0.15) is 39.8 Å². The third-order valence-corrected chi connectivity index (χ3v) is 6.26. The SMILES string of the molecule is COCCOC(=O)c1c(C)nc2sc3c(c2c1-c1ccco1)CCC(C)C3.[Cl-]. The number of fused-ring (bicyclic) bond motifs is 3. The molecule has 3 heterocycles. The number of esters is 1. The van der Waals surface area contributed by atoms with Gasteiger partial charge in [-0.25, -0.2) is 9.78 Å². The number of ether oxygens (including phenoxy) is 2. The Balaban J connectivity index is 0.00000225. The molecular weight excluding hydrogens is 398 g/mol. The summed E-state index contributed by atoms with van der Waals surface area (Å²) < 4.78 is 16.2. The van der Waals surface area contributed by atoms with Crippen molar-refractivity contribution in [2.24, 2.45) is 5.92 Å². The minimum atomic E-state index is -0.380. The number of halogens is 1. The van der Waals surface area contributed by atoms with Gasteiger partial charge in [-0.3, -0.25) is 0 Å². The van der Waals surface area contributed by atoms with Gasteiger partial charge >= 0.3 is 5.97 Å². The zero-order valence-electron chi connectivity index (χ0n) is 16.2. The van der Waals surface area contributed by atoms with E-state index in [9.17, 15) is 4.79 Å². The van der Waals surface area contributed by atoms with Crippen LogP contribution in [0.4, 0.5) is 0 Å². The van der Waals surface area contributed by atoms with Crippen molar-refractivity contribution in [1.29, 1.82) is 0 Å². The number of methoxy groups -OCH3 is 1. The van der Waals surface area contributed by atoms with Gasteiger partial charge in [-0.05, 0) is 49.8 Å². The molecule has 0 spiro atoms. The van der Waals surface area contributed by atoms with Crippen molar-refractivity contribution in [1.82, 2.24) is 4.98 Å². The lowest BCUT2D eigenvalue weighted by Gasteiger charge is -2.19. The molecule has 3 aromatic rings. The highest BCUT2D eigenvalue weighted by Gasteiger charge is 2.29. The second kappa shape index (κ2) is 8.64. The van der Waals surface area contributed by atoms with E-state index in [1.165, 1.54) is 10.4 Å². The highest BCUT2D eigenvalue weighted by atomic mass is 35.5. The summed E-state index contributed by atoms with van der Waals surface area (Å²) in [5.74, 6) is 0.982. The molecule has 28 heavy (non-hydrogen) atoms. The average molecular weight is 421 g/mol. The maximum absolute atomic E-state index is 12.9. The molecule has 0 aromatic carbocycles. The molecule has 5 nitrogen and oxygen atoms in total. The molecule has 7 heteroatoms. The smallest absolute Gasteiger partial charge is 0.340 e. The summed E-state index contributed by atoms with van der Waals surface area (Å²) >= 11 is 1.75. The summed E-state index contributed by atoms with van der Waals surface area (Å²) in [7, 11) is 1.58. The summed E-state index contributed by atoms with van der Waals surface area (Å²) in [6.45, 7) is 4.73. The summed E-state index contributed by atoms with van der Waals surface area (Å²) in [5.41, 5.74) is 3.30. The monoisotopic (exact) mass is 420 g/mol. The van der Waals surface area contributed by atoms with Crippen LogP contribution in [-0.4, -0.2) is 31.3 Å². The lowest BCUT2D eigenvalue weighted by molar-refractivity contribution is -0.0000258. The van der Waals surface area contributed by atoms with Gasteiger partial charge in [0.2, 0.25) is 0 Å². The number of nitrogens with zero attached hydrogens (tertiary/aromatic N) is 1. The third-order valence-electron chi connectivity index (χ3n) is 5.12. The van der Waals surface area contributed by atoms with Gasteiger partial charge in [-0.15, -0.1) is 11.3 Å². The van der Waals surface area contributed by atoms with Crippen molar-refractivity contribution in [3.63, 3.8) is 0 Å². The Morgan fingerprint density at radius 3 is 2.93 bits per heavy atom. The molecule has 4 rings (SSSR count). The molecule has 1 unspecified atom stereocenters. The predicted molar refractivity (Wildman–Crippen MR) is 105 cm³/mol. The third kappa shape index (κ3) is 3.69. The number of pyridine rings is 1. The standard InChI is InChI=1S/C21H23NO4S.ClH/c1-12-6-7-14-16(11-12)27-20-18(14)19(15-5-4-8-25-15)17(13(2)22-20)21(23)26-10-9-24-3;/h4-5,8,12H,6-7,9-11H2,1-3H3;1H/p-1. The molecule has 0 saturated carbocycles. The first-order valence-corrected chi connectivity index (χ1v) is 10.1. The van der Waals surface area contributed by atoms with Crippen LogP contribution in [-0.2, 0) is 22.3 Å². The average Bonchev–Trinajstić information content (AvgIpc) is 3.27. The van der Waals surface area contributed by atoms with Gasteiger partial charge in [0.1, 0.15) is 17.2 Å². The summed E-state index contributed by atoms with van der Waals surface area (Å²) in [6.07, 6.45) is 4.86. The molecule has 0 aliphatic heterocycles. The van der Waals surface area contributed by atoms with E-state index in [1.54, 1.807) is 24.7 Å². The van der Waals surface area contributed by atoms with E-state index in [0.29, 0.717) is 29.5 Å².